The molecule has 2 nitrogen and oxygen atoms in total. The van der Waals surface area contributed by atoms with Crippen molar-refractivity contribution in [1.82, 2.24) is 0 Å². The summed E-state index contributed by atoms with van der Waals surface area (Å²) in [7, 11) is 0. The van der Waals surface area contributed by atoms with Crippen LogP contribution in [-0.4, -0.2) is 17.3 Å². The second-order valence-electron chi connectivity index (χ2n) is 3.79. The third kappa shape index (κ3) is 2.46. The van der Waals surface area contributed by atoms with Crippen molar-refractivity contribution in [3.05, 3.63) is 29.8 Å². The van der Waals surface area contributed by atoms with Crippen LogP contribution in [0.4, 0.5) is 18.9 Å². The number of halogens is 4. The maximum absolute atomic E-state index is 12.3. The number of hydrogen-bond acceptors (Lipinski definition) is 1. The molecule has 0 N–H and O–H groups in total. The molecule has 0 unspecified atom stereocenters. The van der Waals surface area contributed by atoms with Gasteiger partial charge in [0.1, 0.15) is 0 Å². The van der Waals surface area contributed by atoms with Crippen molar-refractivity contribution in [3.63, 3.8) is 0 Å². The van der Waals surface area contributed by atoms with Gasteiger partial charge in [-0.3, -0.25) is 4.79 Å². The Labute approximate surface area is 105 Å². The molecule has 1 fully saturated rings. The number of anilines is 1. The van der Waals surface area contributed by atoms with Crippen molar-refractivity contribution < 1.29 is 18.0 Å². The Kier molecular flexibility index (Phi) is 3.16. The van der Waals surface area contributed by atoms with Gasteiger partial charge in [-0.2, -0.15) is 13.2 Å². The van der Waals surface area contributed by atoms with Crippen LogP contribution in [0, 0.1) is 0 Å². The second kappa shape index (κ2) is 4.33. The summed E-state index contributed by atoms with van der Waals surface area (Å²) in [6.07, 6.45) is -3.68. The minimum atomic E-state index is -4.34. The van der Waals surface area contributed by atoms with Crippen LogP contribution in [0.25, 0.3) is 0 Å². The Morgan fingerprint density at radius 3 is 2.24 bits per heavy atom. The van der Waals surface area contributed by atoms with Crippen molar-refractivity contribution >= 4 is 27.5 Å². The first-order valence-electron chi connectivity index (χ1n) is 5.02. The molecule has 1 atom stereocenters. The van der Waals surface area contributed by atoms with E-state index in [9.17, 15) is 18.0 Å². The molecule has 92 valence electrons. The van der Waals surface area contributed by atoms with Gasteiger partial charge < -0.3 is 4.90 Å². The number of carbonyl (C=O) groups is 1. The highest BCUT2D eigenvalue weighted by molar-refractivity contribution is 9.10. The Bertz CT molecular complexity index is 429. The predicted octanol–water partition coefficient (Wildman–Crippen LogP) is 3.21. The summed E-state index contributed by atoms with van der Waals surface area (Å²) < 4.78 is 37.0. The molecule has 0 bridgehead atoms. The first-order valence-corrected chi connectivity index (χ1v) is 5.94. The first-order chi connectivity index (χ1) is 7.89. The number of alkyl halides is 4. The normalized spacial score (nSPS) is 21.1. The Morgan fingerprint density at radius 1 is 1.24 bits per heavy atom. The van der Waals surface area contributed by atoms with E-state index in [1.165, 1.54) is 17.0 Å². The minimum Gasteiger partial charge on any atom is -0.311 e. The third-order valence-corrected chi connectivity index (χ3v) is 3.50. The summed E-state index contributed by atoms with van der Waals surface area (Å²) in [6, 6.07) is 4.63. The highest BCUT2D eigenvalue weighted by Crippen LogP contribution is 2.32. The molecule has 1 aromatic carbocycles. The number of carbonyl (C=O) groups excluding carboxylic acids is 1. The molecule has 1 saturated heterocycles. The van der Waals surface area contributed by atoms with Gasteiger partial charge in [0.05, 0.1) is 10.4 Å². The van der Waals surface area contributed by atoms with E-state index in [0.717, 1.165) is 12.1 Å². The van der Waals surface area contributed by atoms with E-state index in [1.54, 1.807) is 0 Å². The molecule has 17 heavy (non-hydrogen) atoms. The highest BCUT2D eigenvalue weighted by Gasteiger charge is 2.32. The summed E-state index contributed by atoms with van der Waals surface area (Å²) in [5.74, 6) is -0.107. The monoisotopic (exact) mass is 307 g/mol. The van der Waals surface area contributed by atoms with Crippen molar-refractivity contribution in [2.24, 2.45) is 0 Å². The van der Waals surface area contributed by atoms with Crippen LogP contribution in [-0.2, 0) is 11.0 Å². The van der Waals surface area contributed by atoms with E-state index in [2.05, 4.69) is 15.9 Å². The maximum Gasteiger partial charge on any atom is 0.416 e. The molecule has 1 aromatic rings. The van der Waals surface area contributed by atoms with Crippen LogP contribution in [0.1, 0.15) is 12.0 Å². The zero-order valence-corrected chi connectivity index (χ0v) is 10.3. The number of hydrogen-bond donors (Lipinski definition) is 0. The lowest BCUT2D eigenvalue weighted by Crippen LogP contribution is -2.27. The summed E-state index contributed by atoms with van der Waals surface area (Å²) >= 11 is 3.22. The number of nitrogens with zero attached hydrogens (tertiary/aromatic N) is 1. The van der Waals surface area contributed by atoms with E-state index in [1.807, 2.05) is 0 Å². The summed E-state index contributed by atoms with van der Waals surface area (Å²) in [6.45, 7) is 0.528. The molecular formula is C11H9BrF3NO. The molecule has 6 heteroatoms. The summed E-state index contributed by atoms with van der Waals surface area (Å²) in [4.78, 5) is 12.9. The van der Waals surface area contributed by atoms with E-state index < -0.39 is 11.7 Å². The Balaban J connectivity index is 2.22. The van der Waals surface area contributed by atoms with Gasteiger partial charge >= 0.3 is 6.18 Å². The highest BCUT2D eigenvalue weighted by atomic mass is 79.9. The molecule has 2 rings (SSSR count). The molecule has 1 aliphatic rings. The van der Waals surface area contributed by atoms with Crippen LogP contribution in [0.3, 0.4) is 0 Å². The quantitative estimate of drug-likeness (QED) is 0.730. The standard InChI is InChI=1S/C11H9BrF3NO/c12-9-5-6-16(10(9)17)8-3-1-7(2-4-8)11(13,14)15/h1-4,9H,5-6H2/t9-/m1/s1. The predicted molar refractivity (Wildman–Crippen MR) is 61.1 cm³/mol. The van der Waals surface area contributed by atoms with Gasteiger partial charge in [0.2, 0.25) is 5.91 Å². The van der Waals surface area contributed by atoms with Crippen LogP contribution in [0.5, 0.6) is 0 Å². The van der Waals surface area contributed by atoms with Crippen LogP contribution >= 0.6 is 15.9 Å². The average molecular weight is 308 g/mol. The van der Waals surface area contributed by atoms with Gasteiger partial charge in [0.15, 0.2) is 0 Å². The Hall–Kier alpha value is -1.04. The number of amides is 1. The zero-order chi connectivity index (χ0) is 12.6. The SMILES string of the molecule is O=C1[C@H](Br)CCN1c1ccc(C(F)(F)F)cc1. The molecule has 0 spiro atoms. The first kappa shape index (κ1) is 12.4. The Morgan fingerprint density at radius 2 is 1.82 bits per heavy atom. The van der Waals surface area contributed by atoms with E-state index in [-0.39, 0.29) is 10.7 Å². The topological polar surface area (TPSA) is 20.3 Å². The van der Waals surface area contributed by atoms with Crippen molar-refractivity contribution in [2.45, 2.75) is 17.4 Å². The van der Waals surface area contributed by atoms with Crippen LogP contribution in [0.2, 0.25) is 0 Å². The van der Waals surface area contributed by atoms with Crippen molar-refractivity contribution in [2.75, 3.05) is 11.4 Å². The smallest absolute Gasteiger partial charge is 0.311 e. The fourth-order valence-corrected chi connectivity index (χ4v) is 2.18. The van der Waals surface area contributed by atoms with Crippen molar-refractivity contribution in [3.8, 4) is 0 Å². The van der Waals surface area contributed by atoms with Crippen molar-refractivity contribution in [1.29, 1.82) is 0 Å². The largest absolute Gasteiger partial charge is 0.416 e. The van der Waals surface area contributed by atoms with Gasteiger partial charge in [0, 0.05) is 12.2 Å². The second-order valence-corrected chi connectivity index (χ2v) is 4.90. The summed E-state index contributed by atoms with van der Waals surface area (Å²) in [5, 5.41) is 0. The van der Waals surface area contributed by atoms with Crippen LogP contribution in [0.15, 0.2) is 24.3 Å². The van der Waals surface area contributed by atoms with Gasteiger partial charge in [-0.05, 0) is 30.7 Å². The minimum absolute atomic E-state index is 0.107. The number of rotatable bonds is 1. The third-order valence-electron chi connectivity index (χ3n) is 2.65. The van der Waals surface area contributed by atoms with Gasteiger partial charge in [-0.25, -0.2) is 0 Å². The van der Waals surface area contributed by atoms with E-state index >= 15 is 0 Å². The lowest BCUT2D eigenvalue weighted by atomic mass is 10.2. The molecule has 0 aromatic heterocycles. The molecule has 1 heterocycles. The van der Waals surface area contributed by atoms with Gasteiger partial charge in [-0.1, -0.05) is 15.9 Å². The fourth-order valence-electron chi connectivity index (χ4n) is 1.73. The fraction of sp³-hybridized carbons (Fsp3) is 0.364. The van der Waals surface area contributed by atoms with Crippen LogP contribution < -0.4 is 4.90 Å². The molecule has 1 amide bonds. The molecule has 0 aliphatic carbocycles. The summed E-state index contributed by atoms with van der Waals surface area (Å²) in [5.41, 5.74) is -0.201. The lowest BCUT2D eigenvalue weighted by molar-refractivity contribution is -0.137. The maximum atomic E-state index is 12.3. The average Bonchev–Trinajstić information content (AvgIpc) is 2.59. The van der Waals surface area contributed by atoms with E-state index in [4.69, 9.17) is 0 Å². The van der Waals surface area contributed by atoms with Gasteiger partial charge in [-0.15, -0.1) is 0 Å². The molecule has 1 aliphatic heterocycles. The molecular weight excluding hydrogens is 299 g/mol. The number of benzene rings is 1. The van der Waals surface area contributed by atoms with Gasteiger partial charge in [0.25, 0.3) is 0 Å². The zero-order valence-electron chi connectivity index (χ0n) is 8.67. The lowest BCUT2D eigenvalue weighted by Gasteiger charge is -2.16. The molecule has 0 saturated carbocycles. The van der Waals surface area contributed by atoms with E-state index in [0.29, 0.717) is 18.7 Å². The molecule has 0 radical (unpaired) electrons.